The van der Waals surface area contributed by atoms with Gasteiger partial charge in [-0.2, -0.15) is 11.8 Å². The van der Waals surface area contributed by atoms with Gasteiger partial charge in [-0.3, -0.25) is 0 Å². The zero-order valence-corrected chi connectivity index (χ0v) is 15.4. The third-order valence-corrected chi connectivity index (χ3v) is 5.85. The molecule has 0 amide bonds. The third kappa shape index (κ3) is 4.69. The molecule has 6 unspecified atom stereocenters. The first-order valence-corrected chi connectivity index (χ1v) is 7.86. The van der Waals surface area contributed by atoms with E-state index in [4.69, 9.17) is 25.5 Å². The van der Waals surface area contributed by atoms with Crippen LogP contribution in [0.2, 0.25) is 0 Å². The molecule has 0 spiro atoms. The summed E-state index contributed by atoms with van der Waals surface area (Å²) in [4.78, 5) is 9.98. The molecule has 2 saturated carbocycles. The van der Waals surface area contributed by atoms with Crippen molar-refractivity contribution >= 4 is 5.97 Å². The molecule has 0 saturated heterocycles. The van der Waals surface area contributed by atoms with E-state index in [1.807, 2.05) is 0 Å². The summed E-state index contributed by atoms with van der Waals surface area (Å²) in [6.45, 7) is 6.44. The molecule has 0 aromatic rings. The van der Waals surface area contributed by atoms with Crippen molar-refractivity contribution in [2.75, 3.05) is 6.61 Å². The van der Waals surface area contributed by atoms with Crippen LogP contribution in [0.1, 0.15) is 40.0 Å². The molecular formula is C16H28MnO7. The van der Waals surface area contributed by atoms with E-state index < -0.39 is 37.0 Å². The van der Waals surface area contributed by atoms with Gasteiger partial charge in [0.05, 0.1) is 12.6 Å². The van der Waals surface area contributed by atoms with Crippen molar-refractivity contribution in [3.05, 3.63) is 6.42 Å². The number of hydrogen-bond donors (Lipinski definition) is 5. The number of fused-ring (bicyclic) bond motifs is 2. The molecule has 141 valence electrons. The Morgan fingerprint density at radius 1 is 1.21 bits per heavy atom. The zero-order valence-electron chi connectivity index (χ0n) is 14.2. The second kappa shape index (κ2) is 8.94. The van der Waals surface area contributed by atoms with Gasteiger partial charge in [0.1, 0.15) is 24.4 Å². The van der Waals surface area contributed by atoms with Crippen molar-refractivity contribution in [3.8, 4) is 0 Å². The molecule has 2 bridgehead atoms. The number of hydrogen-bond acceptors (Lipinski definition) is 7. The second-order valence-electron chi connectivity index (χ2n) is 7.31. The topological polar surface area (TPSA) is 141 Å². The number of carbonyl (C=O) groups excluding carboxylic acids is 1. The van der Waals surface area contributed by atoms with Crippen molar-refractivity contribution in [1.82, 2.24) is 0 Å². The van der Waals surface area contributed by atoms with E-state index >= 15 is 0 Å². The van der Waals surface area contributed by atoms with Crippen molar-refractivity contribution in [3.63, 3.8) is 0 Å². The molecule has 0 aromatic heterocycles. The van der Waals surface area contributed by atoms with Gasteiger partial charge >= 0.3 is 17.1 Å². The van der Waals surface area contributed by atoms with E-state index in [-0.39, 0.29) is 17.1 Å². The molecule has 8 heteroatoms. The number of aliphatic hydroxyl groups excluding tert-OH is 5. The molecule has 24 heavy (non-hydrogen) atoms. The average molecular weight is 387 g/mol. The number of aliphatic carboxylic acids is 1. The Hall–Kier alpha value is -0.211. The standard InChI is InChI=1S/C10H17.C6H12O7.Mn/c1-9(2)8-4-6-10(9,3)7-5-8;7-1-2(8)3(9)4(10)5(11)6(12)13;/h6,8H,4-5,7H2,1-3H3;2-5,7-11H,1H2,(H,12,13);/q-1;;+2/p-1. The van der Waals surface area contributed by atoms with E-state index in [0.29, 0.717) is 10.8 Å². The monoisotopic (exact) mass is 387 g/mol. The van der Waals surface area contributed by atoms with Crippen LogP contribution in [0.15, 0.2) is 0 Å². The Morgan fingerprint density at radius 3 is 1.96 bits per heavy atom. The van der Waals surface area contributed by atoms with Gasteiger partial charge in [-0.15, -0.1) is 0 Å². The first-order chi connectivity index (χ1) is 10.5. The van der Waals surface area contributed by atoms with Crippen LogP contribution in [0.3, 0.4) is 0 Å². The van der Waals surface area contributed by atoms with Crippen LogP contribution in [0.4, 0.5) is 0 Å². The minimum atomic E-state index is -2.31. The summed E-state index contributed by atoms with van der Waals surface area (Å²) >= 11 is 0. The van der Waals surface area contributed by atoms with E-state index in [1.165, 1.54) is 19.3 Å². The van der Waals surface area contributed by atoms with Gasteiger partial charge < -0.3 is 41.9 Å². The summed E-state index contributed by atoms with van der Waals surface area (Å²) < 4.78 is 0. The molecule has 0 heterocycles. The fourth-order valence-corrected chi connectivity index (χ4v) is 3.47. The largest absolute Gasteiger partial charge is 2.00 e. The predicted molar refractivity (Wildman–Crippen MR) is 79.6 cm³/mol. The fraction of sp³-hybridized carbons (Fsp3) is 0.875. The maximum Gasteiger partial charge on any atom is 2.00 e. The molecule has 5 N–H and O–H groups in total. The van der Waals surface area contributed by atoms with Crippen molar-refractivity contribution in [2.45, 2.75) is 64.4 Å². The quantitative estimate of drug-likeness (QED) is 0.277. The van der Waals surface area contributed by atoms with Crippen LogP contribution in [0, 0.1) is 23.2 Å². The van der Waals surface area contributed by atoms with Crippen molar-refractivity contribution in [1.29, 1.82) is 0 Å². The molecule has 0 aliphatic heterocycles. The Morgan fingerprint density at radius 2 is 1.75 bits per heavy atom. The molecule has 0 aromatic carbocycles. The van der Waals surface area contributed by atoms with E-state index in [2.05, 4.69) is 27.2 Å². The SMILES string of the molecule is CC12[CH-]CC(CC1)C2(C)C.O=C([O-])C(O)C(O)C(O)C(O)CO.[Mn+2]. The molecule has 2 aliphatic carbocycles. The summed E-state index contributed by atoms with van der Waals surface area (Å²) in [5, 5.41) is 53.4. The van der Waals surface area contributed by atoms with Gasteiger partial charge in [0.15, 0.2) is 0 Å². The zero-order chi connectivity index (χ0) is 18.0. The van der Waals surface area contributed by atoms with Crippen molar-refractivity contribution < 1.29 is 52.5 Å². The second-order valence-corrected chi connectivity index (χ2v) is 7.31. The summed E-state index contributed by atoms with van der Waals surface area (Å²) in [5.41, 5.74) is 1.19. The van der Waals surface area contributed by atoms with Gasteiger partial charge in [0.2, 0.25) is 0 Å². The molecule has 6 atom stereocenters. The van der Waals surface area contributed by atoms with Crippen LogP contribution in [-0.4, -0.2) is 62.5 Å². The van der Waals surface area contributed by atoms with Crippen LogP contribution >= 0.6 is 0 Å². The molecule has 2 fully saturated rings. The van der Waals surface area contributed by atoms with Crippen molar-refractivity contribution in [2.24, 2.45) is 16.7 Å². The van der Waals surface area contributed by atoms with Crippen LogP contribution in [-0.2, 0) is 21.9 Å². The Labute approximate surface area is 153 Å². The summed E-state index contributed by atoms with van der Waals surface area (Å²) in [5.74, 6) is -0.978. The molecule has 1 radical (unpaired) electrons. The van der Waals surface area contributed by atoms with E-state index in [0.717, 1.165) is 5.92 Å². The van der Waals surface area contributed by atoms with Gasteiger partial charge in [-0.25, -0.2) is 0 Å². The average Bonchev–Trinajstić information content (AvgIpc) is 2.87. The Bertz CT molecular complexity index is 404. The fourth-order valence-electron chi connectivity index (χ4n) is 3.47. The molecule has 2 rings (SSSR count). The number of rotatable bonds is 5. The van der Waals surface area contributed by atoms with Crippen LogP contribution in [0.5, 0.6) is 0 Å². The van der Waals surface area contributed by atoms with Gasteiger partial charge in [-0.05, 0) is 0 Å². The maximum atomic E-state index is 9.98. The Balaban J connectivity index is 0.000000432. The van der Waals surface area contributed by atoms with Crippen LogP contribution < -0.4 is 5.11 Å². The predicted octanol–water partition coefficient (Wildman–Crippen LogP) is -1.79. The minimum absolute atomic E-state index is 0. The number of carbonyl (C=O) groups is 1. The molecular weight excluding hydrogens is 359 g/mol. The normalized spacial score (nSPS) is 31.9. The third-order valence-electron chi connectivity index (χ3n) is 5.85. The van der Waals surface area contributed by atoms with Gasteiger partial charge in [-0.1, -0.05) is 44.9 Å². The number of carboxylic acids is 1. The van der Waals surface area contributed by atoms with Gasteiger partial charge in [0.25, 0.3) is 0 Å². The maximum absolute atomic E-state index is 9.98. The number of carboxylic acid groups (broad SMARTS) is 1. The summed E-state index contributed by atoms with van der Waals surface area (Å²) in [6.07, 6.45) is -1.24. The smallest absolute Gasteiger partial charge is 0.547 e. The summed E-state index contributed by atoms with van der Waals surface area (Å²) in [7, 11) is 0. The minimum Gasteiger partial charge on any atom is -0.547 e. The first kappa shape index (κ1) is 23.8. The van der Waals surface area contributed by atoms with E-state index in [9.17, 15) is 9.90 Å². The number of aliphatic hydroxyl groups is 5. The van der Waals surface area contributed by atoms with Gasteiger partial charge in [0, 0.05) is 0 Å². The van der Waals surface area contributed by atoms with Crippen LogP contribution in [0.25, 0.3) is 0 Å². The molecule has 2 aliphatic rings. The van der Waals surface area contributed by atoms with E-state index in [1.54, 1.807) is 0 Å². The molecule has 7 nitrogen and oxygen atoms in total. The first-order valence-electron chi connectivity index (χ1n) is 7.86. The Kier molecular flexibility index (Phi) is 8.86. The summed E-state index contributed by atoms with van der Waals surface area (Å²) in [6, 6.07) is 0.